The molecule has 1 aromatic heterocycles. The highest BCUT2D eigenvalue weighted by Crippen LogP contribution is 2.32. The van der Waals surface area contributed by atoms with Crippen LogP contribution in [0.15, 0.2) is 42.6 Å². The Balaban J connectivity index is 2.14. The maximum Gasteiger partial charge on any atom is 0.193 e. The molecular formula is C17H16NO4+. The minimum absolute atomic E-state index is 0.158. The van der Waals surface area contributed by atoms with E-state index in [2.05, 4.69) is 0 Å². The third-order valence-corrected chi connectivity index (χ3v) is 3.77. The predicted molar refractivity (Wildman–Crippen MR) is 81.0 cm³/mol. The van der Waals surface area contributed by atoms with E-state index in [0.717, 1.165) is 22.0 Å². The topological polar surface area (TPSA) is 84.8 Å². The minimum Gasteiger partial charge on any atom is -0.504 e. The van der Waals surface area contributed by atoms with Gasteiger partial charge in [0.25, 0.3) is 0 Å². The second kappa shape index (κ2) is 5.11. The van der Waals surface area contributed by atoms with Crippen LogP contribution in [0.5, 0.6) is 23.0 Å². The lowest BCUT2D eigenvalue weighted by Crippen LogP contribution is -2.33. The van der Waals surface area contributed by atoms with Crippen molar-refractivity contribution in [1.82, 2.24) is 0 Å². The number of pyridine rings is 1. The monoisotopic (exact) mass is 298 g/mol. The van der Waals surface area contributed by atoms with Gasteiger partial charge in [-0.05, 0) is 35.2 Å². The maximum absolute atomic E-state index is 9.75. The molecule has 1 heterocycles. The van der Waals surface area contributed by atoms with E-state index in [0.29, 0.717) is 6.42 Å². The number of rotatable bonds is 2. The fraction of sp³-hybridized carbons (Fsp3) is 0.118. The van der Waals surface area contributed by atoms with Crippen LogP contribution in [0.25, 0.3) is 10.8 Å². The number of fused-ring (bicyclic) bond motifs is 1. The number of aromatic nitrogens is 1. The minimum atomic E-state index is -0.173. The molecule has 0 saturated heterocycles. The van der Waals surface area contributed by atoms with Crippen LogP contribution in [0.1, 0.15) is 11.3 Å². The largest absolute Gasteiger partial charge is 0.504 e. The third-order valence-electron chi connectivity index (χ3n) is 3.77. The highest BCUT2D eigenvalue weighted by molar-refractivity contribution is 5.87. The first-order valence-corrected chi connectivity index (χ1v) is 6.80. The van der Waals surface area contributed by atoms with E-state index in [4.69, 9.17) is 0 Å². The molecule has 112 valence electrons. The summed E-state index contributed by atoms with van der Waals surface area (Å²) in [5, 5.41) is 40.0. The van der Waals surface area contributed by atoms with Crippen LogP contribution in [0.4, 0.5) is 0 Å². The standard InChI is InChI=1S/C17H15NO4/c1-18-5-4-11-8-16(21)17(22)9-12(11)13(18)6-10-2-3-14(19)15(20)7-10/h2-5,7-9,19-20,22H,6H2,1H3/p+1. The lowest BCUT2D eigenvalue weighted by molar-refractivity contribution is -0.677. The van der Waals surface area contributed by atoms with E-state index < -0.39 is 0 Å². The molecule has 0 radical (unpaired) electrons. The SMILES string of the molecule is C[n+]1ccc2cc(O)c(O)cc2c1Cc1ccc(O)c(O)c1. The Bertz CT molecular complexity index is 874. The van der Waals surface area contributed by atoms with Gasteiger partial charge in [-0.15, -0.1) is 0 Å². The number of hydrogen-bond acceptors (Lipinski definition) is 4. The van der Waals surface area contributed by atoms with Gasteiger partial charge in [-0.3, -0.25) is 0 Å². The van der Waals surface area contributed by atoms with Crippen molar-refractivity contribution in [1.29, 1.82) is 0 Å². The summed E-state index contributed by atoms with van der Waals surface area (Å²) in [6.45, 7) is 0. The molecule has 3 aromatic rings. The molecule has 0 unspecified atom stereocenters. The second-order valence-electron chi connectivity index (χ2n) is 5.30. The van der Waals surface area contributed by atoms with E-state index in [-0.39, 0.29) is 23.0 Å². The summed E-state index contributed by atoms with van der Waals surface area (Å²) in [6, 6.07) is 9.58. The molecule has 0 bridgehead atoms. The summed E-state index contributed by atoms with van der Waals surface area (Å²) >= 11 is 0. The van der Waals surface area contributed by atoms with Crippen LogP contribution in [0.3, 0.4) is 0 Å². The molecule has 0 fully saturated rings. The van der Waals surface area contributed by atoms with Gasteiger partial charge in [0.2, 0.25) is 0 Å². The Morgan fingerprint density at radius 3 is 2.23 bits per heavy atom. The molecule has 3 rings (SSSR count). The summed E-state index contributed by atoms with van der Waals surface area (Å²) in [6.07, 6.45) is 2.38. The van der Waals surface area contributed by atoms with Crippen molar-refractivity contribution in [3.8, 4) is 23.0 Å². The van der Waals surface area contributed by atoms with Crippen LogP contribution >= 0.6 is 0 Å². The smallest absolute Gasteiger partial charge is 0.193 e. The van der Waals surface area contributed by atoms with E-state index in [9.17, 15) is 20.4 Å². The lowest BCUT2D eigenvalue weighted by atomic mass is 10.0. The summed E-state index contributed by atoms with van der Waals surface area (Å²) in [5.74, 6) is -0.655. The van der Waals surface area contributed by atoms with E-state index in [1.165, 1.54) is 24.3 Å². The Kier molecular flexibility index (Phi) is 3.25. The van der Waals surface area contributed by atoms with E-state index in [1.54, 1.807) is 6.07 Å². The van der Waals surface area contributed by atoms with Crippen molar-refractivity contribution in [2.24, 2.45) is 7.05 Å². The van der Waals surface area contributed by atoms with Gasteiger partial charge >= 0.3 is 0 Å². The fourth-order valence-electron chi connectivity index (χ4n) is 2.55. The van der Waals surface area contributed by atoms with Gasteiger partial charge in [0, 0.05) is 6.07 Å². The highest BCUT2D eigenvalue weighted by Gasteiger charge is 2.16. The summed E-state index contributed by atoms with van der Waals surface area (Å²) < 4.78 is 1.92. The number of benzene rings is 2. The molecule has 0 aliphatic heterocycles. The van der Waals surface area contributed by atoms with Gasteiger partial charge in [-0.1, -0.05) is 6.07 Å². The van der Waals surface area contributed by atoms with Crippen molar-refractivity contribution in [2.45, 2.75) is 6.42 Å². The molecule has 0 aliphatic rings. The highest BCUT2D eigenvalue weighted by atomic mass is 16.3. The first-order chi connectivity index (χ1) is 10.5. The zero-order valence-corrected chi connectivity index (χ0v) is 12.0. The molecular weight excluding hydrogens is 282 g/mol. The molecule has 0 amide bonds. The van der Waals surface area contributed by atoms with Crippen LogP contribution in [-0.2, 0) is 13.5 Å². The van der Waals surface area contributed by atoms with Crippen molar-refractivity contribution < 1.29 is 25.0 Å². The lowest BCUT2D eigenvalue weighted by Gasteiger charge is -2.07. The van der Waals surface area contributed by atoms with Crippen molar-refractivity contribution >= 4 is 10.8 Å². The van der Waals surface area contributed by atoms with Gasteiger partial charge < -0.3 is 20.4 Å². The number of hydrogen-bond donors (Lipinski definition) is 4. The average Bonchev–Trinajstić information content (AvgIpc) is 2.48. The van der Waals surface area contributed by atoms with Crippen molar-refractivity contribution in [3.63, 3.8) is 0 Å². The Morgan fingerprint density at radius 1 is 0.818 bits per heavy atom. The van der Waals surface area contributed by atoms with Gasteiger partial charge in [-0.2, -0.15) is 0 Å². The molecule has 0 spiro atoms. The van der Waals surface area contributed by atoms with E-state index >= 15 is 0 Å². The van der Waals surface area contributed by atoms with Gasteiger partial charge in [-0.25, -0.2) is 4.57 Å². The molecule has 2 aromatic carbocycles. The van der Waals surface area contributed by atoms with Crippen LogP contribution < -0.4 is 4.57 Å². The summed E-state index contributed by atoms with van der Waals surface area (Å²) in [4.78, 5) is 0. The van der Waals surface area contributed by atoms with Crippen molar-refractivity contribution in [3.05, 3.63) is 53.9 Å². The average molecular weight is 298 g/mol. The fourth-order valence-corrected chi connectivity index (χ4v) is 2.55. The predicted octanol–water partition coefficient (Wildman–Crippen LogP) is 2.08. The number of aromatic hydroxyl groups is 4. The van der Waals surface area contributed by atoms with Crippen LogP contribution in [-0.4, -0.2) is 20.4 Å². The summed E-state index contributed by atoms with van der Waals surface area (Å²) in [5.41, 5.74) is 1.74. The Hall–Kier alpha value is -2.95. The Labute approximate surface area is 127 Å². The van der Waals surface area contributed by atoms with Crippen molar-refractivity contribution in [2.75, 3.05) is 0 Å². The molecule has 22 heavy (non-hydrogen) atoms. The second-order valence-corrected chi connectivity index (χ2v) is 5.30. The number of phenolic OH excluding ortho intramolecular Hbond substituents is 4. The number of aryl methyl sites for hydroxylation is 1. The molecule has 5 nitrogen and oxygen atoms in total. The normalized spacial score (nSPS) is 11.0. The van der Waals surface area contributed by atoms with Gasteiger partial charge in [0.1, 0.15) is 7.05 Å². The van der Waals surface area contributed by atoms with E-state index in [1.807, 2.05) is 23.9 Å². The third kappa shape index (κ3) is 2.37. The zero-order valence-electron chi connectivity index (χ0n) is 12.0. The first kappa shape index (κ1) is 14.0. The number of phenols is 4. The van der Waals surface area contributed by atoms with Crippen LogP contribution in [0, 0.1) is 0 Å². The molecule has 5 heteroatoms. The molecule has 0 aliphatic carbocycles. The summed E-state index contributed by atoms with van der Waals surface area (Å²) in [7, 11) is 1.89. The first-order valence-electron chi connectivity index (χ1n) is 6.80. The quantitative estimate of drug-likeness (QED) is 0.431. The molecule has 0 saturated carbocycles. The van der Waals surface area contributed by atoms with Crippen LogP contribution in [0.2, 0.25) is 0 Å². The number of nitrogens with zero attached hydrogens (tertiary/aromatic N) is 1. The maximum atomic E-state index is 9.75. The molecule has 0 atom stereocenters. The zero-order chi connectivity index (χ0) is 15.9. The Morgan fingerprint density at radius 2 is 1.50 bits per heavy atom. The molecule has 4 N–H and O–H groups in total. The van der Waals surface area contributed by atoms with Gasteiger partial charge in [0.05, 0.1) is 11.8 Å². The van der Waals surface area contributed by atoms with Gasteiger partial charge in [0.15, 0.2) is 34.9 Å².